The zero-order valence-corrected chi connectivity index (χ0v) is 31.2. The maximum Gasteiger partial charge on any atom is 0.160 e. The van der Waals surface area contributed by atoms with Gasteiger partial charge in [-0.1, -0.05) is 147 Å². The number of hydrogen-bond acceptors (Lipinski definition) is 2. The Morgan fingerprint density at radius 3 is 1.89 bits per heavy atom. The standard InChI is InChI=1S/C53H37N3/c1-53(2)45-25-14-24-42(51(45)44-31-36-17-9-10-18-37(36)32-46(44)53)48-33-47(54-52(55-48)34-15-5-3-6-16-34)39-20-13-19-35(29-39)38-27-28-50-43(30-38)41-23-11-12-26-49(41)56(50)40-21-7-4-8-22-40/h3-33H,1-2H3. The molecular formula is C53H37N3. The lowest BCUT2D eigenvalue weighted by atomic mass is 9.81. The summed E-state index contributed by atoms with van der Waals surface area (Å²) in [6.45, 7) is 4.69. The fourth-order valence-corrected chi connectivity index (χ4v) is 9.00. The van der Waals surface area contributed by atoms with Crippen LogP contribution in [0, 0.1) is 0 Å². The van der Waals surface area contributed by atoms with E-state index in [1.807, 2.05) is 6.07 Å². The Bertz CT molecular complexity index is 3150. The summed E-state index contributed by atoms with van der Waals surface area (Å²) in [5, 5.41) is 4.99. The third-order valence-electron chi connectivity index (χ3n) is 11.8. The Kier molecular flexibility index (Phi) is 7.20. The molecule has 3 nitrogen and oxygen atoms in total. The predicted octanol–water partition coefficient (Wildman–Crippen LogP) is 13.7. The third kappa shape index (κ3) is 5.05. The van der Waals surface area contributed by atoms with Crippen molar-refractivity contribution in [2.75, 3.05) is 0 Å². The van der Waals surface area contributed by atoms with Gasteiger partial charge in [-0.15, -0.1) is 0 Å². The Hall–Kier alpha value is -7.10. The van der Waals surface area contributed by atoms with E-state index in [9.17, 15) is 0 Å². The van der Waals surface area contributed by atoms with Gasteiger partial charge in [-0.2, -0.15) is 0 Å². The second-order valence-electron chi connectivity index (χ2n) is 15.4. The molecule has 11 rings (SSSR count). The minimum atomic E-state index is -0.147. The highest BCUT2D eigenvalue weighted by molar-refractivity contribution is 6.10. The highest BCUT2D eigenvalue weighted by Crippen LogP contribution is 2.53. The number of rotatable bonds is 5. The van der Waals surface area contributed by atoms with Crippen LogP contribution in [0.15, 0.2) is 188 Å². The van der Waals surface area contributed by atoms with Gasteiger partial charge in [0.05, 0.1) is 22.4 Å². The number of aromatic nitrogens is 3. The predicted molar refractivity (Wildman–Crippen MR) is 233 cm³/mol. The zero-order valence-electron chi connectivity index (χ0n) is 31.2. The molecule has 10 aromatic rings. The molecule has 3 heteroatoms. The van der Waals surface area contributed by atoms with Gasteiger partial charge in [0, 0.05) is 38.6 Å². The van der Waals surface area contributed by atoms with Gasteiger partial charge < -0.3 is 4.57 Å². The summed E-state index contributed by atoms with van der Waals surface area (Å²) < 4.78 is 2.36. The molecule has 1 aliphatic rings. The van der Waals surface area contributed by atoms with E-state index < -0.39 is 0 Å². The van der Waals surface area contributed by atoms with Crippen molar-refractivity contribution in [3.63, 3.8) is 0 Å². The molecule has 0 amide bonds. The summed E-state index contributed by atoms with van der Waals surface area (Å²) >= 11 is 0. The van der Waals surface area contributed by atoms with Crippen molar-refractivity contribution < 1.29 is 0 Å². The normalized spacial score (nSPS) is 13.0. The van der Waals surface area contributed by atoms with Gasteiger partial charge in [0.2, 0.25) is 0 Å². The number of hydrogen-bond donors (Lipinski definition) is 0. The lowest BCUT2D eigenvalue weighted by Crippen LogP contribution is -2.14. The lowest BCUT2D eigenvalue weighted by molar-refractivity contribution is 0.661. The van der Waals surface area contributed by atoms with E-state index in [0.717, 1.165) is 39.3 Å². The van der Waals surface area contributed by atoms with Crippen molar-refractivity contribution >= 4 is 32.6 Å². The Morgan fingerprint density at radius 2 is 1.05 bits per heavy atom. The fourth-order valence-electron chi connectivity index (χ4n) is 9.00. The van der Waals surface area contributed by atoms with Crippen LogP contribution in [0.1, 0.15) is 25.0 Å². The zero-order chi connectivity index (χ0) is 37.4. The summed E-state index contributed by atoms with van der Waals surface area (Å²) in [7, 11) is 0. The minimum absolute atomic E-state index is 0.147. The molecular weight excluding hydrogens is 679 g/mol. The number of benzene rings is 8. The van der Waals surface area contributed by atoms with Gasteiger partial charge in [-0.05, 0) is 98.8 Å². The van der Waals surface area contributed by atoms with E-state index in [-0.39, 0.29) is 5.41 Å². The second-order valence-corrected chi connectivity index (χ2v) is 15.4. The molecule has 0 saturated carbocycles. The lowest BCUT2D eigenvalue weighted by Gasteiger charge is -2.22. The largest absolute Gasteiger partial charge is 0.309 e. The molecule has 8 aromatic carbocycles. The van der Waals surface area contributed by atoms with Crippen molar-refractivity contribution in [1.29, 1.82) is 0 Å². The summed E-state index contributed by atoms with van der Waals surface area (Å²) in [6, 6.07) is 67.7. The average Bonchev–Trinajstić information content (AvgIpc) is 3.71. The van der Waals surface area contributed by atoms with Gasteiger partial charge in [-0.3, -0.25) is 0 Å². The number of para-hydroxylation sites is 2. The highest BCUT2D eigenvalue weighted by atomic mass is 15.0. The van der Waals surface area contributed by atoms with E-state index in [0.29, 0.717) is 5.82 Å². The highest BCUT2D eigenvalue weighted by Gasteiger charge is 2.37. The van der Waals surface area contributed by atoms with Crippen LogP contribution in [0.3, 0.4) is 0 Å². The molecule has 0 fully saturated rings. The van der Waals surface area contributed by atoms with Crippen molar-refractivity contribution in [3.05, 3.63) is 199 Å². The van der Waals surface area contributed by atoms with Crippen molar-refractivity contribution in [2.45, 2.75) is 19.3 Å². The van der Waals surface area contributed by atoms with Crippen LogP contribution in [0.5, 0.6) is 0 Å². The first-order valence-electron chi connectivity index (χ1n) is 19.3. The van der Waals surface area contributed by atoms with Crippen molar-refractivity contribution in [3.8, 4) is 61.8 Å². The molecule has 0 spiro atoms. The molecule has 2 heterocycles. The van der Waals surface area contributed by atoms with Gasteiger partial charge in [0.25, 0.3) is 0 Å². The molecule has 0 radical (unpaired) electrons. The fraction of sp³-hybridized carbons (Fsp3) is 0.0566. The molecule has 56 heavy (non-hydrogen) atoms. The first-order valence-corrected chi connectivity index (χ1v) is 19.3. The summed E-state index contributed by atoms with van der Waals surface area (Å²) in [4.78, 5) is 10.6. The van der Waals surface area contributed by atoms with Crippen LogP contribution < -0.4 is 0 Å². The van der Waals surface area contributed by atoms with Gasteiger partial charge in [0.15, 0.2) is 5.82 Å². The Morgan fingerprint density at radius 1 is 0.411 bits per heavy atom. The number of fused-ring (bicyclic) bond motifs is 7. The topological polar surface area (TPSA) is 30.7 Å². The quantitative estimate of drug-likeness (QED) is 0.178. The molecule has 0 saturated heterocycles. The van der Waals surface area contributed by atoms with E-state index in [1.165, 1.54) is 60.4 Å². The van der Waals surface area contributed by atoms with Crippen LogP contribution in [0.25, 0.3) is 94.4 Å². The van der Waals surface area contributed by atoms with Crippen LogP contribution in [0.4, 0.5) is 0 Å². The molecule has 1 aliphatic carbocycles. The maximum absolute atomic E-state index is 5.32. The Labute approximate surface area is 326 Å². The Balaban J connectivity index is 1.08. The van der Waals surface area contributed by atoms with Gasteiger partial charge >= 0.3 is 0 Å². The summed E-state index contributed by atoms with van der Waals surface area (Å²) in [5.41, 5.74) is 15.9. The molecule has 0 aliphatic heterocycles. The van der Waals surface area contributed by atoms with E-state index in [4.69, 9.17) is 9.97 Å². The average molecular weight is 716 g/mol. The van der Waals surface area contributed by atoms with Crippen LogP contribution in [-0.4, -0.2) is 14.5 Å². The molecule has 0 bridgehead atoms. The van der Waals surface area contributed by atoms with Crippen LogP contribution >= 0.6 is 0 Å². The SMILES string of the molecule is CC1(C)c2cc3ccccc3cc2-c2c(-c3cc(-c4cccc(-c5ccc6c(c5)c5ccccc5n6-c5ccccc5)c4)nc(-c4ccccc4)n3)cccc21. The number of nitrogens with zero attached hydrogens (tertiary/aromatic N) is 3. The molecule has 2 aromatic heterocycles. The third-order valence-corrected chi connectivity index (χ3v) is 11.8. The van der Waals surface area contributed by atoms with Gasteiger partial charge in [-0.25, -0.2) is 9.97 Å². The van der Waals surface area contributed by atoms with Crippen molar-refractivity contribution in [1.82, 2.24) is 14.5 Å². The van der Waals surface area contributed by atoms with Crippen LogP contribution in [-0.2, 0) is 5.41 Å². The molecule has 264 valence electrons. The van der Waals surface area contributed by atoms with E-state index in [1.54, 1.807) is 0 Å². The van der Waals surface area contributed by atoms with Crippen LogP contribution in [0.2, 0.25) is 0 Å². The second kappa shape index (κ2) is 12.5. The monoisotopic (exact) mass is 715 g/mol. The van der Waals surface area contributed by atoms with E-state index >= 15 is 0 Å². The first-order chi connectivity index (χ1) is 27.5. The molecule has 0 N–H and O–H groups in total. The maximum atomic E-state index is 5.32. The summed E-state index contributed by atoms with van der Waals surface area (Å²) in [5.74, 6) is 0.715. The first kappa shape index (κ1) is 32.3. The smallest absolute Gasteiger partial charge is 0.160 e. The molecule has 0 atom stereocenters. The molecule has 0 unspecified atom stereocenters. The van der Waals surface area contributed by atoms with Crippen molar-refractivity contribution in [2.24, 2.45) is 0 Å². The van der Waals surface area contributed by atoms with E-state index in [2.05, 4.69) is 200 Å². The minimum Gasteiger partial charge on any atom is -0.309 e. The van der Waals surface area contributed by atoms with Gasteiger partial charge in [0.1, 0.15) is 0 Å². The summed E-state index contributed by atoms with van der Waals surface area (Å²) in [6.07, 6.45) is 0.